The second kappa shape index (κ2) is 6.92. The van der Waals surface area contributed by atoms with Crippen LogP contribution in [-0.2, 0) is 11.2 Å². The van der Waals surface area contributed by atoms with E-state index in [4.69, 9.17) is 0 Å². The summed E-state index contributed by atoms with van der Waals surface area (Å²) in [4.78, 5) is 15.3. The molecule has 2 rings (SSSR count). The van der Waals surface area contributed by atoms with Crippen LogP contribution >= 0.6 is 0 Å². The number of benzene rings is 1. The van der Waals surface area contributed by atoms with E-state index in [0.29, 0.717) is 13.0 Å². The lowest BCUT2D eigenvalue weighted by molar-refractivity contribution is -0.120. The van der Waals surface area contributed by atoms with E-state index in [1.807, 2.05) is 13.8 Å². The van der Waals surface area contributed by atoms with Crippen LogP contribution in [0.25, 0.3) is 10.9 Å². The Balaban J connectivity index is 2.03. The summed E-state index contributed by atoms with van der Waals surface area (Å²) in [5.74, 6) is -0.185. The first kappa shape index (κ1) is 16.5. The van der Waals surface area contributed by atoms with Gasteiger partial charge in [-0.25, -0.2) is 4.39 Å². The molecule has 1 aromatic carbocycles. The molecule has 0 saturated heterocycles. The molecule has 0 aliphatic rings. The number of H-pyrrole nitrogens is 1. The van der Waals surface area contributed by atoms with E-state index in [0.717, 1.165) is 22.2 Å². The standard InChI is InChI=1S/C17H23FN2O2/c1-10(6-11(2)21)9-19-17(22)8-14-12(3)20-16-5-4-13(18)7-15(14)16/h4-5,7,10-11,20-21H,6,8-9H2,1-3H3,(H,19,22). The normalized spacial score (nSPS) is 14.0. The lowest BCUT2D eigenvalue weighted by atomic mass is 10.0. The summed E-state index contributed by atoms with van der Waals surface area (Å²) in [7, 11) is 0. The Labute approximate surface area is 129 Å². The molecule has 2 atom stereocenters. The van der Waals surface area contributed by atoms with Gasteiger partial charge in [0.05, 0.1) is 12.5 Å². The number of hydrogen-bond acceptors (Lipinski definition) is 2. The number of hydrogen-bond donors (Lipinski definition) is 3. The maximum atomic E-state index is 13.4. The Morgan fingerprint density at radius 1 is 1.41 bits per heavy atom. The highest BCUT2D eigenvalue weighted by molar-refractivity contribution is 5.90. The van der Waals surface area contributed by atoms with Crippen LogP contribution in [0.5, 0.6) is 0 Å². The highest BCUT2D eigenvalue weighted by Crippen LogP contribution is 2.23. The third-order valence-corrected chi connectivity index (χ3v) is 3.81. The van der Waals surface area contributed by atoms with Gasteiger partial charge < -0.3 is 15.4 Å². The number of carbonyl (C=O) groups excluding carboxylic acids is 1. The molecule has 1 aromatic heterocycles. The molecule has 3 N–H and O–H groups in total. The maximum Gasteiger partial charge on any atom is 0.224 e. The van der Waals surface area contributed by atoms with E-state index in [1.54, 1.807) is 13.0 Å². The number of nitrogens with one attached hydrogen (secondary N) is 2. The van der Waals surface area contributed by atoms with E-state index < -0.39 is 0 Å². The molecule has 0 saturated carbocycles. The van der Waals surface area contributed by atoms with Gasteiger partial charge in [-0.15, -0.1) is 0 Å². The van der Waals surface area contributed by atoms with Crippen LogP contribution in [0.1, 0.15) is 31.5 Å². The van der Waals surface area contributed by atoms with Gasteiger partial charge in [0.1, 0.15) is 5.82 Å². The molecule has 120 valence electrons. The zero-order valence-corrected chi connectivity index (χ0v) is 13.2. The van der Waals surface area contributed by atoms with Crippen LogP contribution in [0.2, 0.25) is 0 Å². The van der Waals surface area contributed by atoms with Crippen LogP contribution in [0.3, 0.4) is 0 Å². The van der Waals surface area contributed by atoms with E-state index in [1.165, 1.54) is 12.1 Å². The first-order chi connectivity index (χ1) is 10.4. The SMILES string of the molecule is Cc1[nH]c2ccc(F)cc2c1CC(=O)NCC(C)CC(C)O. The molecule has 22 heavy (non-hydrogen) atoms. The quantitative estimate of drug-likeness (QED) is 0.768. The van der Waals surface area contributed by atoms with E-state index in [2.05, 4.69) is 10.3 Å². The molecule has 1 amide bonds. The number of aliphatic hydroxyl groups is 1. The third kappa shape index (κ3) is 4.07. The van der Waals surface area contributed by atoms with Crippen molar-refractivity contribution in [2.45, 2.75) is 39.7 Å². The van der Waals surface area contributed by atoms with Gasteiger partial charge in [0.25, 0.3) is 0 Å². The number of aliphatic hydroxyl groups excluding tert-OH is 1. The molecule has 0 bridgehead atoms. The summed E-state index contributed by atoms with van der Waals surface area (Å²) in [5, 5.41) is 13.0. The van der Waals surface area contributed by atoms with Gasteiger partial charge >= 0.3 is 0 Å². The Morgan fingerprint density at radius 2 is 2.14 bits per heavy atom. The first-order valence-corrected chi connectivity index (χ1v) is 7.58. The summed E-state index contributed by atoms with van der Waals surface area (Å²) in [6.07, 6.45) is 0.500. The Morgan fingerprint density at radius 3 is 2.82 bits per heavy atom. The van der Waals surface area contributed by atoms with Crippen LogP contribution in [0.15, 0.2) is 18.2 Å². The predicted molar refractivity (Wildman–Crippen MR) is 85.2 cm³/mol. The molecule has 1 heterocycles. The zero-order valence-electron chi connectivity index (χ0n) is 13.2. The smallest absolute Gasteiger partial charge is 0.224 e. The van der Waals surface area contributed by atoms with Crippen LogP contribution in [-0.4, -0.2) is 28.6 Å². The van der Waals surface area contributed by atoms with Gasteiger partial charge in [-0.1, -0.05) is 6.92 Å². The van der Waals surface area contributed by atoms with Gasteiger partial charge in [-0.05, 0) is 49.9 Å². The number of aryl methyl sites for hydroxylation is 1. The summed E-state index contributed by atoms with van der Waals surface area (Å²) in [6, 6.07) is 4.54. The Hall–Kier alpha value is -1.88. The first-order valence-electron chi connectivity index (χ1n) is 7.58. The van der Waals surface area contributed by atoms with Crippen molar-refractivity contribution in [3.8, 4) is 0 Å². The lowest BCUT2D eigenvalue weighted by Gasteiger charge is -2.14. The van der Waals surface area contributed by atoms with Crippen molar-refractivity contribution in [3.05, 3.63) is 35.3 Å². The lowest BCUT2D eigenvalue weighted by Crippen LogP contribution is -2.30. The van der Waals surface area contributed by atoms with Gasteiger partial charge in [0.15, 0.2) is 0 Å². The second-order valence-electron chi connectivity index (χ2n) is 6.09. The molecular weight excluding hydrogens is 283 g/mol. The third-order valence-electron chi connectivity index (χ3n) is 3.81. The minimum atomic E-state index is -0.370. The maximum absolute atomic E-state index is 13.4. The minimum Gasteiger partial charge on any atom is -0.393 e. The van der Waals surface area contributed by atoms with Crippen LogP contribution in [0.4, 0.5) is 4.39 Å². The van der Waals surface area contributed by atoms with E-state index in [-0.39, 0.29) is 30.2 Å². The number of aromatic nitrogens is 1. The van der Waals surface area contributed by atoms with Crippen molar-refractivity contribution in [2.75, 3.05) is 6.54 Å². The Bertz CT molecular complexity index is 664. The largest absolute Gasteiger partial charge is 0.393 e. The molecule has 0 aliphatic heterocycles. The molecule has 0 radical (unpaired) electrons. The van der Waals surface area contributed by atoms with E-state index >= 15 is 0 Å². The molecule has 5 heteroatoms. The highest BCUT2D eigenvalue weighted by atomic mass is 19.1. The number of fused-ring (bicyclic) bond motifs is 1. The average Bonchev–Trinajstić information content (AvgIpc) is 2.72. The molecule has 4 nitrogen and oxygen atoms in total. The highest BCUT2D eigenvalue weighted by Gasteiger charge is 2.14. The summed E-state index contributed by atoms with van der Waals surface area (Å²) in [5.41, 5.74) is 2.55. The fourth-order valence-electron chi connectivity index (χ4n) is 2.76. The van der Waals surface area contributed by atoms with Crippen molar-refractivity contribution in [3.63, 3.8) is 0 Å². The van der Waals surface area contributed by atoms with Gasteiger partial charge in [-0.2, -0.15) is 0 Å². The van der Waals surface area contributed by atoms with Crippen molar-refractivity contribution in [2.24, 2.45) is 5.92 Å². The fourth-order valence-corrected chi connectivity index (χ4v) is 2.76. The zero-order chi connectivity index (χ0) is 16.3. The van der Waals surface area contributed by atoms with Crippen LogP contribution < -0.4 is 5.32 Å². The number of amides is 1. The molecule has 0 aliphatic carbocycles. The number of halogens is 1. The van der Waals surface area contributed by atoms with Crippen molar-refractivity contribution >= 4 is 16.8 Å². The second-order valence-corrected chi connectivity index (χ2v) is 6.09. The van der Waals surface area contributed by atoms with Gasteiger partial charge in [0.2, 0.25) is 5.91 Å². The molecule has 2 unspecified atom stereocenters. The average molecular weight is 306 g/mol. The van der Waals surface area contributed by atoms with Crippen LogP contribution in [0, 0.1) is 18.7 Å². The fraction of sp³-hybridized carbons (Fsp3) is 0.471. The molecular formula is C17H23FN2O2. The minimum absolute atomic E-state index is 0.0919. The van der Waals surface area contributed by atoms with Gasteiger partial charge in [0, 0.05) is 23.1 Å². The topological polar surface area (TPSA) is 65.1 Å². The monoisotopic (exact) mass is 306 g/mol. The molecule has 2 aromatic rings. The number of aromatic amines is 1. The summed E-state index contributed by atoms with van der Waals surface area (Å²) in [6.45, 7) is 6.14. The molecule has 0 spiro atoms. The molecule has 0 fully saturated rings. The van der Waals surface area contributed by atoms with Crippen molar-refractivity contribution < 1.29 is 14.3 Å². The number of rotatable bonds is 6. The number of carbonyl (C=O) groups is 1. The van der Waals surface area contributed by atoms with Crippen molar-refractivity contribution in [1.82, 2.24) is 10.3 Å². The Kier molecular flexibility index (Phi) is 5.19. The summed E-state index contributed by atoms with van der Waals surface area (Å²) < 4.78 is 13.4. The van der Waals surface area contributed by atoms with Crippen molar-refractivity contribution in [1.29, 1.82) is 0 Å². The predicted octanol–water partition coefficient (Wildman–Crippen LogP) is 2.68. The van der Waals surface area contributed by atoms with Gasteiger partial charge in [-0.3, -0.25) is 4.79 Å². The van der Waals surface area contributed by atoms with E-state index in [9.17, 15) is 14.3 Å². The summed E-state index contributed by atoms with van der Waals surface area (Å²) >= 11 is 0.